The molecule has 22 heavy (non-hydrogen) atoms. The normalized spacial score (nSPS) is 30.9. The highest BCUT2D eigenvalue weighted by molar-refractivity contribution is 5.95. The predicted molar refractivity (Wildman–Crippen MR) is 90.7 cm³/mol. The number of fused-ring (bicyclic) bond motifs is 2. The standard InChI is InChI=1S/C19H28N2O/c1-3-21(17-9-7-13(2)8-10-17)19(22)16-11-14-5-4-6-15(12-16)18(14)20/h7-10,14-16,18H,3-6,11-12,20H2,1-2H3. The van der Waals surface area contributed by atoms with Crippen molar-refractivity contribution in [3.63, 3.8) is 0 Å². The lowest BCUT2D eigenvalue weighted by Crippen LogP contribution is -2.49. The van der Waals surface area contributed by atoms with Crippen LogP contribution in [0, 0.1) is 24.7 Å². The summed E-state index contributed by atoms with van der Waals surface area (Å²) in [6, 6.07) is 8.61. The highest BCUT2D eigenvalue weighted by Crippen LogP contribution is 2.42. The Labute approximate surface area is 133 Å². The number of carbonyl (C=O) groups is 1. The summed E-state index contributed by atoms with van der Waals surface area (Å²) in [4.78, 5) is 15.0. The Bertz CT molecular complexity index is 511. The molecule has 0 radical (unpaired) electrons. The molecule has 3 nitrogen and oxygen atoms in total. The predicted octanol–water partition coefficient (Wildman–Crippen LogP) is 3.50. The second-order valence-electron chi connectivity index (χ2n) is 7.11. The molecule has 2 N–H and O–H groups in total. The van der Waals surface area contributed by atoms with Gasteiger partial charge in [0.15, 0.2) is 0 Å². The van der Waals surface area contributed by atoms with Crippen molar-refractivity contribution in [1.29, 1.82) is 0 Å². The average Bonchev–Trinajstić information content (AvgIpc) is 2.49. The summed E-state index contributed by atoms with van der Waals surface area (Å²) < 4.78 is 0. The molecule has 1 aromatic rings. The molecule has 0 saturated heterocycles. The Morgan fingerprint density at radius 2 is 1.77 bits per heavy atom. The van der Waals surface area contributed by atoms with Crippen LogP contribution in [0.25, 0.3) is 0 Å². The first-order chi connectivity index (χ1) is 10.6. The van der Waals surface area contributed by atoms with E-state index in [4.69, 9.17) is 5.73 Å². The monoisotopic (exact) mass is 300 g/mol. The second-order valence-corrected chi connectivity index (χ2v) is 7.11. The van der Waals surface area contributed by atoms with E-state index in [1.54, 1.807) is 0 Å². The van der Waals surface area contributed by atoms with E-state index in [0.717, 1.165) is 25.1 Å². The lowest BCUT2D eigenvalue weighted by atomic mass is 9.65. The molecule has 2 aliphatic rings. The van der Waals surface area contributed by atoms with Crippen molar-refractivity contribution in [2.75, 3.05) is 11.4 Å². The topological polar surface area (TPSA) is 46.3 Å². The van der Waals surface area contributed by atoms with Crippen molar-refractivity contribution in [2.45, 2.75) is 52.0 Å². The van der Waals surface area contributed by atoms with Gasteiger partial charge in [0.2, 0.25) is 5.91 Å². The SMILES string of the molecule is CCN(C(=O)C1CC2CCCC(C1)C2N)c1ccc(C)cc1. The lowest BCUT2D eigenvalue weighted by Gasteiger charge is -2.44. The van der Waals surface area contributed by atoms with E-state index in [1.807, 2.05) is 4.90 Å². The molecule has 2 unspecified atom stereocenters. The molecular formula is C19H28N2O. The molecule has 120 valence electrons. The Morgan fingerprint density at radius 1 is 1.18 bits per heavy atom. The highest BCUT2D eigenvalue weighted by atomic mass is 16.2. The van der Waals surface area contributed by atoms with Gasteiger partial charge in [-0.25, -0.2) is 0 Å². The summed E-state index contributed by atoms with van der Waals surface area (Å²) in [5.41, 5.74) is 8.61. The molecule has 2 atom stereocenters. The van der Waals surface area contributed by atoms with Crippen molar-refractivity contribution >= 4 is 11.6 Å². The van der Waals surface area contributed by atoms with Gasteiger partial charge in [-0.1, -0.05) is 24.1 Å². The van der Waals surface area contributed by atoms with Gasteiger partial charge in [0, 0.05) is 24.2 Å². The van der Waals surface area contributed by atoms with E-state index in [2.05, 4.69) is 38.1 Å². The molecule has 2 fully saturated rings. The second kappa shape index (κ2) is 6.41. The van der Waals surface area contributed by atoms with Gasteiger partial charge in [-0.15, -0.1) is 0 Å². The average molecular weight is 300 g/mol. The minimum absolute atomic E-state index is 0.163. The van der Waals surface area contributed by atoms with Crippen LogP contribution in [-0.2, 0) is 4.79 Å². The Kier molecular flexibility index (Phi) is 4.53. The summed E-state index contributed by atoms with van der Waals surface area (Å²) in [6.45, 7) is 4.87. The molecule has 0 aliphatic heterocycles. The Morgan fingerprint density at radius 3 is 2.32 bits per heavy atom. The van der Waals surface area contributed by atoms with E-state index in [9.17, 15) is 4.79 Å². The van der Waals surface area contributed by atoms with Gasteiger partial charge in [-0.05, 0) is 63.5 Å². The van der Waals surface area contributed by atoms with Gasteiger partial charge in [0.25, 0.3) is 0 Å². The van der Waals surface area contributed by atoms with E-state index >= 15 is 0 Å². The number of nitrogens with two attached hydrogens (primary N) is 1. The van der Waals surface area contributed by atoms with Crippen LogP contribution in [0.4, 0.5) is 5.69 Å². The number of anilines is 1. The fourth-order valence-electron chi connectivity index (χ4n) is 4.40. The number of hydrogen-bond donors (Lipinski definition) is 1. The lowest BCUT2D eigenvalue weighted by molar-refractivity contribution is -0.125. The first-order valence-corrected chi connectivity index (χ1v) is 8.73. The van der Waals surface area contributed by atoms with E-state index in [-0.39, 0.29) is 5.92 Å². The number of benzene rings is 1. The van der Waals surface area contributed by atoms with Crippen LogP contribution in [-0.4, -0.2) is 18.5 Å². The van der Waals surface area contributed by atoms with Crippen LogP contribution in [0.2, 0.25) is 0 Å². The van der Waals surface area contributed by atoms with Gasteiger partial charge < -0.3 is 10.6 Å². The van der Waals surface area contributed by atoms with Crippen LogP contribution < -0.4 is 10.6 Å². The van der Waals surface area contributed by atoms with E-state index in [1.165, 1.54) is 24.8 Å². The Hall–Kier alpha value is -1.35. The fraction of sp³-hybridized carbons (Fsp3) is 0.632. The summed E-state index contributed by atoms with van der Waals surface area (Å²) in [6.07, 6.45) is 5.67. The molecular weight excluding hydrogens is 272 g/mol. The fourth-order valence-corrected chi connectivity index (χ4v) is 4.40. The molecule has 2 saturated carbocycles. The zero-order valence-electron chi connectivity index (χ0n) is 13.8. The summed E-state index contributed by atoms with van der Waals surface area (Å²) in [5, 5.41) is 0. The molecule has 0 aromatic heterocycles. The number of rotatable bonds is 3. The molecule has 1 aromatic carbocycles. The minimum atomic E-state index is 0.163. The zero-order valence-corrected chi connectivity index (χ0v) is 13.8. The maximum Gasteiger partial charge on any atom is 0.230 e. The molecule has 1 amide bonds. The van der Waals surface area contributed by atoms with Gasteiger partial charge >= 0.3 is 0 Å². The van der Waals surface area contributed by atoms with Crippen molar-refractivity contribution in [1.82, 2.24) is 0 Å². The van der Waals surface area contributed by atoms with Gasteiger partial charge in [-0.3, -0.25) is 4.79 Å². The summed E-state index contributed by atoms with van der Waals surface area (Å²) >= 11 is 0. The number of aryl methyl sites for hydroxylation is 1. The van der Waals surface area contributed by atoms with Gasteiger partial charge in [-0.2, -0.15) is 0 Å². The number of amides is 1. The quantitative estimate of drug-likeness (QED) is 0.928. The van der Waals surface area contributed by atoms with Gasteiger partial charge in [0.1, 0.15) is 0 Å². The molecule has 0 heterocycles. The summed E-state index contributed by atoms with van der Waals surface area (Å²) in [7, 11) is 0. The summed E-state index contributed by atoms with van der Waals surface area (Å²) in [5.74, 6) is 1.57. The third-order valence-corrected chi connectivity index (χ3v) is 5.69. The van der Waals surface area contributed by atoms with Crippen LogP contribution >= 0.6 is 0 Å². The molecule has 3 rings (SSSR count). The largest absolute Gasteiger partial charge is 0.327 e. The van der Waals surface area contributed by atoms with Crippen LogP contribution in [0.15, 0.2) is 24.3 Å². The number of carbonyl (C=O) groups excluding carboxylic acids is 1. The maximum absolute atomic E-state index is 13.0. The van der Waals surface area contributed by atoms with E-state index in [0.29, 0.717) is 23.8 Å². The van der Waals surface area contributed by atoms with Crippen molar-refractivity contribution in [3.05, 3.63) is 29.8 Å². The molecule has 2 aliphatic carbocycles. The molecule has 0 spiro atoms. The third-order valence-electron chi connectivity index (χ3n) is 5.69. The van der Waals surface area contributed by atoms with Crippen molar-refractivity contribution in [3.8, 4) is 0 Å². The molecule has 3 heteroatoms. The number of hydrogen-bond acceptors (Lipinski definition) is 2. The third kappa shape index (κ3) is 2.91. The first-order valence-electron chi connectivity index (χ1n) is 8.73. The minimum Gasteiger partial charge on any atom is -0.327 e. The van der Waals surface area contributed by atoms with E-state index < -0.39 is 0 Å². The maximum atomic E-state index is 13.0. The number of nitrogens with zero attached hydrogens (tertiary/aromatic N) is 1. The van der Waals surface area contributed by atoms with Crippen molar-refractivity contribution in [2.24, 2.45) is 23.5 Å². The van der Waals surface area contributed by atoms with Gasteiger partial charge in [0.05, 0.1) is 0 Å². The van der Waals surface area contributed by atoms with Crippen molar-refractivity contribution < 1.29 is 4.79 Å². The Balaban J connectivity index is 1.75. The van der Waals surface area contributed by atoms with Crippen LogP contribution in [0.5, 0.6) is 0 Å². The first kappa shape index (κ1) is 15.5. The zero-order chi connectivity index (χ0) is 15.7. The molecule has 2 bridgehead atoms. The smallest absolute Gasteiger partial charge is 0.230 e. The van der Waals surface area contributed by atoms with Crippen LogP contribution in [0.3, 0.4) is 0 Å². The van der Waals surface area contributed by atoms with Crippen LogP contribution in [0.1, 0.15) is 44.6 Å². The highest BCUT2D eigenvalue weighted by Gasteiger charge is 2.41.